The molecule has 1 amide bonds. The minimum absolute atomic E-state index is 0.0284. The first kappa shape index (κ1) is 18.0. The van der Waals surface area contributed by atoms with Crippen molar-refractivity contribution in [2.24, 2.45) is 5.92 Å². The fourth-order valence-electron chi connectivity index (χ4n) is 3.39. The van der Waals surface area contributed by atoms with Crippen LogP contribution in [0, 0.1) is 19.8 Å². The van der Waals surface area contributed by atoms with E-state index < -0.39 is 5.60 Å². The van der Waals surface area contributed by atoms with Crippen molar-refractivity contribution >= 4 is 5.91 Å². The van der Waals surface area contributed by atoms with Crippen LogP contribution in [0.25, 0.3) is 0 Å². The third kappa shape index (κ3) is 4.80. The molecule has 0 bridgehead atoms. The molecule has 0 unspecified atom stereocenters. The van der Waals surface area contributed by atoms with E-state index >= 15 is 0 Å². The monoisotopic (exact) mass is 321 g/mol. The minimum atomic E-state index is -0.709. The molecule has 1 aromatic heterocycles. The van der Waals surface area contributed by atoms with E-state index in [-0.39, 0.29) is 5.91 Å². The Balaban J connectivity index is 1.93. The third-order valence-electron chi connectivity index (χ3n) is 4.81. The Morgan fingerprint density at radius 1 is 1.30 bits per heavy atom. The maximum Gasteiger partial charge on any atom is 0.224 e. The molecule has 5 nitrogen and oxygen atoms in total. The van der Waals surface area contributed by atoms with Crippen molar-refractivity contribution in [1.29, 1.82) is 0 Å². The maximum atomic E-state index is 12.3. The van der Waals surface area contributed by atoms with Gasteiger partial charge in [0.15, 0.2) is 0 Å². The quantitative estimate of drug-likeness (QED) is 0.846. The van der Waals surface area contributed by atoms with Crippen molar-refractivity contribution in [1.82, 2.24) is 15.1 Å². The lowest BCUT2D eigenvalue weighted by atomic mass is 9.85. The molecule has 0 saturated heterocycles. The van der Waals surface area contributed by atoms with E-state index in [2.05, 4.69) is 24.3 Å². The molecular formula is C18H31N3O2. The molecule has 1 fully saturated rings. The second-order valence-electron chi connectivity index (χ2n) is 7.46. The highest BCUT2D eigenvalue weighted by Gasteiger charge is 2.29. The van der Waals surface area contributed by atoms with E-state index in [1.807, 2.05) is 18.5 Å². The molecule has 0 aromatic carbocycles. The van der Waals surface area contributed by atoms with Gasteiger partial charge in [-0.05, 0) is 32.6 Å². The summed E-state index contributed by atoms with van der Waals surface area (Å²) in [5, 5.41) is 17.9. The van der Waals surface area contributed by atoms with Gasteiger partial charge in [0, 0.05) is 24.3 Å². The number of aliphatic hydroxyl groups is 1. The van der Waals surface area contributed by atoms with Gasteiger partial charge in [-0.1, -0.05) is 33.1 Å². The fraction of sp³-hybridized carbons (Fsp3) is 0.778. The summed E-state index contributed by atoms with van der Waals surface area (Å²) in [5.74, 6) is 0.495. The summed E-state index contributed by atoms with van der Waals surface area (Å²) in [6.45, 7) is 9.54. The number of aromatic nitrogens is 2. The van der Waals surface area contributed by atoms with Crippen molar-refractivity contribution in [3.05, 3.63) is 17.0 Å². The van der Waals surface area contributed by atoms with Crippen LogP contribution in [0.5, 0.6) is 0 Å². The molecule has 5 heteroatoms. The van der Waals surface area contributed by atoms with Crippen molar-refractivity contribution in [3.8, 4) is 0 Å². The van der Waals surface area contributed by atoms with Crippen LogP contribution in [-0.2, 0) is 17.8 Å². The standard InChI is InChI=1S/C18H31N3O2/c1-13(2)11-21-15(4)16(14(3)20-21)10-17(22)19-12-18(23)8-6-5-7-9-18/h13,23H,5-12H2,1-4H3,(H,19,22). The van der Waals surface area contributed by atoms with E-state index in [0.29, 0.717) is 18.9 Å². The molecule has 0 spiro atoms. The second kappa shape index (κ2) is 7.47. The van der Waals surface area contributed by atoms with Gasteiger partial charge in [-0.2, -0.15) is 5.10 Å². The molecular weight excluding hydrogens is 290 g/mol. The lowest BCUT2D eigenvalue weighted by Crippen LogP contribution is -2.44. The normalized spacial score (nSPS) is 17.5. The van der Waals surface area contributed by atoms with Crippen molar-refractivity contribution in [3.63, 3.8) is 0 Å². The average Bonchev–Trinajstić information content (AvgIpc) is 2.73. The number of nitrogens with zero attached hydrogens (tertiary/aromatic N) is 2. The summed E-state index contributed by atoms with van der Waals surface area (Å²) >= 11 is 0. The van der Waals surface area contributed by atoms with E-state index in [9.17, 15) is 9.90 Å². The summed E-state index contributed by atoms with van der Waals surface area (Å²) in [5.41, 5.74) is 2.30. The molecule has 1 saturated carbocycles. The molecule has 130 valence electrons. The Hall–Kier alpha value is -1.36. The first-order chi connectivity index (χ1) is 10.8. The van der Waals surface area contributed by atoms with E-state index in [1.54, 1.807) is 0 Å². The Bertz CT molecular complexity index is 543. The van der Waals surface area contributed by atoms with Crippen LogP contribution in [0.1, 0.15) is 62.9 Å². The molecule has 1 heterocycles. The van der Waals surface area contributed by atoms with Crippen LogP contribution in [0.3, 0.4) is 0 Å². The summed E-state index contributed by atoms with van der Waals surface area (Å²) in [4.78, 5) is 12.3. The molecule has 2 rings (SSSR count). The number of aryl methyl sites for hydroxylation is 1. The summed E-state index contributed by atoms with van der Waals surface area (Å²) in [7, 11) is 0. The summed E-state index contributed by atoms with van der Waals surface area (Å²) in [6.07, 6.45) is 5.20. The van der Waals surface area contributed by atoms with Gasteiger partial charge in [-0.15, -0.1) is 0 Å². The molecule has 1 aromatic rings. The van der Waals surface area contributed by atoms with E-state index in [4.69, 9.17) is 0 Å². The zero-order chi connectivity index (χ0) is 17.0. The van der Waals surface area contributed by atoms with Crippen LogP contribution in [0.15, 0.2) is 0 Å². The Labute approximate surface area is 139 Å². The third-order valence-corrected chi connectivity index (χ3v) is 4.81. The van der Waals surface area contributed by atoms with Crippen LogP contribution in [-0.4, -0.2) is 32.9 Å². The molecule has 1 aliphatic carbocycles. The van der Waals surface area contributed by atoms with Crippen LogP contribution >= 0.6 is 0 Å². The van der Waals surface area contributed by atoms with Gasteiger partial charge in [-0.3, -0.25) is 9.48 Å². The Morgan fingerprint density at radius 2 is 1.96 bits per heavy atom. The number of carbonyl (C=O) groups is 1. The highest BCUT2D eigenvalue weighted by Crippen LogP contribution is 2.27. The van der Waals surface area contributed by atoms with Crippen molar-refractivity contribution in [2.75, 3.05) is 6.54 Å². The zero-order valence-electron chi connectivity index (χ0n) is 15.0. The van der Waals surface area contributed by atoms with Crippen LogP contribution < -0.4 is 5.32 Å². The molecule has 1 aliphatic rings. The van der Waals surface area contributed by atoms with Gasteiger partial charge < -0.3 is 10.4 Å². The van der Waals surface area contributed by atoms with Gasteiger partial charge in [0.2, 0.25) is 5.91 Å². The molecule has 0 aliphatic heterocycles. The maximum absolute atomic E-state index is 12.3. The SMILES string of the molecule is Cc1nn(CC(C)C)c(C)c1CC(=O)NCC1(O)CCCCC1. The zero-order valence-corrected chi connectivity index (χ0v) is 15.0. The Kier molecular flexibility index (Phi) is 5.84. The second-order valence-corrected chi connectivity index (χ2v) is 7.46. The highest BCUT2D eigenvalue weighted by atomic mass is 16.3. The lowest BCUT2D eigenvalue weighted by molar-refractivity contribution is -0.122. The van der Waals surface area contributed by atoms with Gasteiger partial charge in [0.25, 0.3) is 0 Å². The molecule has 0 radical (unpaired) electrons. The summed E-state index contributed by atoms with van der Waals surface area (Å²) < 4.78 is 2.00. The smallest absolute Gasteiger partial charge is 0.224 e. The van der Waals surface area contributed by atoms with Crippen molar-refractivity contribution < 1.29 is 9.90 Å². The summed E-state index contributed by atoms with van der Waals surface area (Å²) in [6, 6.07) is 0. The average molecular weight is 321 g/mol. The largest absolute Gasteiger partial charge is 0.388 e. The topological polar surface area (TPSA) is 67.2 Å². The highest BCUT2D eigenvalue weighted by molar-refractivity contribution is 5.79. The van der Waals surface area contributed by atoms with Gasteiger partial charge in [0.05, 0.1) is 17.7 Å². The number of rotatable bonds is 6. The number of hydrogen-bond donors (Lipinski definition) is 2. The van der Waals surface area contributed by atoms with Crippen LogP contribution in [0.2, 0.25) is 0 Å². The predicted molar refractivity (Wildman–Crippen MR) is 91.3 cm³/mol. The van der Waals surface area contributed by atoms with E-state index in [0.717, 1.165) is 49.2 Å². The first-order valence-electron chi connectivity index (χ1n) is 8.83. The number of amides is 1. The first-order valence-corrected chi connectivity index (χ1v) is 8.83. The Morgan fingerprint density at radius 3 is 2.57 bits per heavy atom. The predicted octanol–water partition coefficient (Wildman–Crippen LogP) is 2.51. The molecule has 0 atom stereocenters. The number of carbonyl (C=O) groups excluding carboxylic acids is 1. The molecule has 23 heavy (non-hydrogen) atoms. The van der Waals surface area contributed by atoms with Gasteiger partial charge in [0.1, 0.15) is 0 Å². The van der Waals surface area contributed by atoms with Gasteiger partial charge in [-0.25, -0.2) is 0 Å². The lowest BCUT2D eigenvalue weighted by Gasteiger charge is -2.32. The van der Waals surface area contributed by atoms with Crippen molar-refractivity contribution in [2.45, 2.75) is 78.4 Å². The van der Waals surface area contributed by atoms with Gasteiger partial charge >= 0.3 is 0 Å². The minimum Gasteiger partial charge on any atom is -0.388 e. The number of hydrogen-bond acceptors (Lipinski definition) is 3. The van der Waals surface area contributed by atoms with E-state index in [1.165, 1.54) is 6.42 Å². The number of nitrogens with one attached hydrogen (secondary N) is 1. The van der Waals surface area contributed by atoms with Crippen LogP contribution in [0.4, 0.5) is 0 Å². The molecule has 2 N–H and O–H groups in total. The fourth-order valence-corrected chi connectivity index (χ4v) is 3.39.